The Hall–Kier alpha value is -0.110. The maximum atomic E-state index is 2.26. The Bertz CT molecular complexity index is 76.1. The molecule has 0 spiro atoms. The van der Waals surface area contributed by atoms with Gasteiger partial charge in [0.15, 0.2) is 0 Å². The molecule has 0 unspecified atom stereocenters. The molecule has 0 heterocycles. The summed E-state index contributed by atoms with van der Waals surface area (Å²) in [5.41, 5.74) is 0. The van der Waals surface area contributed by atoms with E-state index in [2.05, 4.69) is 28.1 Å². The van der Waals surface area contributed by atoms with Gasteiger partial charge in [-0.2, -0.15) is 0 Å². The van der Waals surface area contributed by atoms with Crippen molar-refractivity contribution in [1.82, 2.24) is 0 Å². The number of hydrogen-bond acceptors (Lipinski definition) is 0. The summed E-state index contributed by atoms with van der Waals surface area (Å²) < 4.78 is 1.11. The molecular formula is C9H22FN. The highest BCUT2D eigenvalue weighted by Crippen LogP contribution is 2.01. The maximum absolute atomic E-state index is 2.26. The fraction of sp³-hybridized carbons (Fsp3) is 1.00. The average molecular weight is 163 g/mol. The highest BCUT2D eigenvalue weighted by atomic mass is 19.0. The molecule has 0 aliphatic heterocycles. The van der Waals surface area contributed by atoms with Gasteiger partial charge in [-0.15, -0.1) is 0 Å². The van der Waals surface area contributed by atoms with Crippen LogP contribution in [-0.2, 0) is 0 Å². The fourth-order valence-electron chi connectivity index (χ4n) is 1.01. The van der Waals surface area contributed by atoms with Gasteiger partial charge in [0.1, 0.15) is 0 Å². The van der Waals surface area contributed by atoms with Crippen molar-refractivity contribution in [1.29, 1.82) is 0 Å². The minimum Gasteiger partial charge on any atom is -1.00 e. The standard InChI is InChI=1S/C9H22N.FH/c1-5-6-7-8-9-10(2,3)4;/h5-9H2,1-4H3;1H/q+1;/p-1. The molecule has 0 saturated heterocycles. The van der Waals surface area contributed by atoms with Crippen LogP contribution in [0.3, 0.4) is 0 Å². The summed E-state index contributed by atoms with van der Waals surface area (Å²) in [6.07, 6.45) is 5.54. The summed E-state index contributed by atoms with van der Waals surface area (Å²) >= 11 is 0. The van der Waals surface area contributed by atoms with Crippen LogP contribution in [0.4, 0.5) is 0 Å². The van der Waals surface area contributed by atoms with Gasteiger partial charge in [-0.05, 0) is 12.8 Å². The highest BCUT2D eigenvalue weighted by Gasteiger charge is 2.04. The third-order valence-electron chi connectivity index (χ3n) is 1.68. The molecule has 0 aliphatic carbocycles. The van der Waals surface area contributed by atoms with Crippen LogP contribution in [0.2, 0.25) is 0 Å². The molecule has 0 bridgehead atoms. The van der Waals surface area contributed by atoms with Crippen LogP contribution in [0, 0.1) is 0 Å². The normalized spacial score (nSPS) is 10.9. The van der Waals surface area contributed by atoms with Crippen LogP contribution in [0.1, 0.15) is 32.6 Å². The van der Waals surface area contributed by atoms with Crippen molar-refractivity contribution < 1.29 is 9.19 Å². The molecule has 0 aromatic carbocycles. The molecule has 0 aromatic heterocycles. The largest absolute Gasteiger partial charge is 1.00 e. The van der Waals surface area contributed by atoms with Crippen LogP contribution < -0.4 is 4.70 Å². The molecule has 0 N–H and O–H groups in total. The number of hydrogen-bond donors (Lipinski definition) is 0. The second-order valence-corrected chi connectivity index (χ2v) is 4.07. The third-order valence-corrected chi connectivity index (χ3v) is 1.68. The van der Waals surface area contributed by atoms with Gasteiger partial charge >= 0.3 is 0 Å². The topological polar surface area (TPSA) is 0 Å². The second kappa shape index (κ2) is 6.59. The van der Waals surface area contributed by atoms with Crippen molar-refractivity contribution in [3.05, 3.63) is 0 Å². The minimum atomic E-state index is 0. The summed E-state index contributed by atoms with van der Waals surface area (Å²) in [5.74, 6) is 0. The van der Waals surface area contributed by atoms with Crippen molar-refractivity contribution in [2.45, 2.75) is 32.6 Å². The van der Waals surface area contributed by atoms with Crippen molar-refractivity contribution >= 4 is 0 Å². The van der Waals surface area contributed by atoms with Crippen LogP contribution in [0.25, 0.3) is 0 Å². The lowest BCUT2D eigenvalue weighted by Crippen LogP contribution is -3.00. The molecule has 0 radical (unpaired) electrons. The van der Waals surface area contributed by atoms with Crippen molar-refractivity contribution in [2.24, 2.45) is 0 Å². The Morgan fingerprint density at radius 1 is 0.909 bits per heavy atom. The molecule has 0 atom stereocenters. The minimum absolute atomic E-state index is 0. The number of nitrogens with zero attached hydrogens (tertiary/aromatic N) is 1. The Morgan fingerprint density at radius 2 is 1.45 bits per heavy atom. The Kier molecular flexibility index (Phi) is 8.08. The third kappa shape index (κ3) is 13.0. The molecular weight excluding hydrogens is 141 g/mol. The van der Waals surface area contributed by atoms with Crippen LogP contribution >= 0.6 is 0 Å². The lowest BCUT2D eigenvalue weighted by Gasteiger charge is -2.23. The quantitative estimate of drug-likeness (QED) is 0.370. The van der Waals surface area contributed by atoms with Crippen molar-refractivity contribution in [3.8, 4) is 0 Å². The molecule has 1 nitrogen and oxygen atoms in total. The van der Waals surface area contributed by atoms with Gasteiger partial charge in [-0.25, -0.2) is 0 Å². The van der Waals surface area contributed by atoms with E-state index in [0.717, 1.165) is 4.48 Å². The van der Waals surface area contributed by atoms with Gasteiger partial charge in [0.05, 0.1) is 27.7 Å². The average Bonchev–Trinajstić information content (AvgIpc) is 1.78. The summed E-state index contributed by atoms with van der Waals surface area (Å²) in [7, 11) is 6.77. The van der Waals surface area contributed by atoms with E-state index < -0.39 is 0 Å². The van der Waals surface area contributed by atoms with E-state index in [0.29, 0.717) is 0 Å². The molecule has 0 saturated carbocycles. The van der Waals surface area contributed by atoms with E-state index >= 15 is 0 Å². The van der Waals surface area contributed by atoms with E-state index in [1.165, 1.54) is 32.2 Å². The van der Waals surface area contributed by atoms with Gasteiger partial charge in [-0.3, -0.25) is 0 Å². The first kappa shape index (κ1) is 13.5. The van der Waals surface area contributed by atoms with E-state index in [-0.39, 0.29) is 4.70 Å². The molecule has 0 aliphatic rings. The number of unbranched alkanes of at least 4 members (excludes halogenated alkanes) is 3. The Morgan fingerprint density at radius 3 is 1.82 bits per heavy atom. The maximum Gasteiger partial charge on any atom is 0.0780 e. The Balaban J connectivity index is 0. The first-order valence-electron chi connectivity index (χ1n) is 4.36. The number of rotatable bonds is 5. The molecule has 0 rings (SSSR count). The monoisotopic (exact) mass is 163 g/mol. The van der Waals surface area contributed by atoms with Gasteiger partial charge in [0.2, 0.25) is 0 Å². The van der Waals surface area contributed by atoms with E-state index in [4.69, 9.17) is 0 Å². The summed E-state index contributed by atoms with van der Waals surface area (Å²) in [6.45, 7) is 3.58. The van der Waals surface area contributed by atoms with Gasteiger partial charge in [0.25, 0.3) is 0 Å². The fourth-order valence-corrected chi connectivity index (χ4v) is 1.01. The lowest BCUT2D eigenvalue weighted by atomic mass is 10.2. The van der Waals surface area contributed by atoms with E-state index in [1.54, 1.807) is 0 Å². The molecule has 11 heavy (non-hydrogen) atoms. The number of halogens is 1. The van der Waals surface area contributed by atoms with Crippen LogP contribution in [0.5, 0.6) is 0 Å². The SMILES string of the molecule is CCCCCC[N+](C)(C)C.[F-]. The van der Waals surface area contributed by atoms with E-state index in [1.807, 2.05) is 0 Å². The first-order valence-corrected chi connectivity index (χ1v) is 4.36. The van der Waals surface area contributed by atoms with Crippen molar-refractivity contribution in [2.75, 3.05) is 27.7 Å². The first-order chi connectivity index (χ1) is 4.56. The van der Waals surface area contributed by atoms with E-state index in [9.17, 15) is 0 Å². The molecule has 2 heteroatoms. The number of quaternary nitrogens is 1. The smallest absolute Gasteiger partial charge is 0.0780 e. The molecule has 0 fully saturated rings. The molecule has 0 aromatic rings. The predicted molar refractivity (Wildman–Crippen MR) is 47.0 cm³/mol. The zero-order valence-electron chi connectivity index (χ0n) is 8.36. The molecule has 70 valence electrons. The highest BCUT2D eigenvalue weighted by molar-refractivity contribution is 4.38. The molecule has 0 amide bonds. The zero-order valence-corrected chi connectivity index (χ0v) is 8.36. The second-order valence-electron chi connectivity index (χ2n) is 4.07. The Labute approximate surface area is 70.4 Å². The van der Waals surface area contributed by atoms with Crippen LogP contribution in [0.15, 0.2) is 0 Å². The zero-order chi connectivity index (χ0) is 8.04. The van der Waals surface area contributed by atoms with Crippen LogP contribution in [-0.4, -0.2) is 32.2 Å². The van der Waals surface area contributed by atoms with Crippen molar-refractivity contribution in [3.63, 3.8) is 0 Å². The summed E-state index contributed by atoms with van der Waals surface area (Å²) in [4.78, 5) is 0. The predicted octanol–water partition coefficient (Wildman–Crippen LogP) is -0.723. The lowest BCUT2D eigenvalue weighted by molar-refractivity contribution is -0.870. The summed E-state index contributed by atoms with van der Waals surface area (Å²) in [6, 6.07) is 0. The van der Waals surface area contributed by atoms with Gasteiger partial charge in [-0.1, -0.05) is 19.8 Å². The summed E-state index contributed by atoms with van der Waals surface area (Å²) in [5, 5.41) is 0. The van der Waals surface area contributed by atoms with Gasteiger partial charge in [0, 0.05) is 0 Å². The van der Waals surface area contributed by atoms with Gasteiger partial charge < -0.3 is 9.19 Å².